The van der Waals surface area contributed by atoms with Crippen LogP contribution in [-0.4, -0.2) is 18.0 Å². The molecule has 3 aromatic rings. The number of nitrogens with one attached hydrogen (secondary N) is 2. The first kappa shape index (κ1) is 17.5. The Morgan fingerprint density at radius 3 is 2.78 bits per heavy atom. The van der Waals surface area contributed by atoms with Crippen LogP contribution in [0.15, 0.2) is 30.3 Å². The van der Waals surface area contributed by atoms with Gasteiger partial charge in [-0.25, -0.2) is 13.2 Å². The molecule has 1 heterocycles. The van der Waals surface area contributed by atoms with E-state index < -0.39 is 29.3 Å². The maximum absolute atomic E-state index is 13.8. The summed E-state index contributed by atoms with van der Waals surface area (Å²) in [4.78, 5) is 15.9. The van der Waals surface area contributed by atoms with Gasteiger partial charge in [-0.2, -0.15) is 0 Å². The average molecular weight is 374 g/mol. The standard InChI is InChI=1S/C20H17F3N2O2/c1-27-11-3-6-16-13(9-11)12-8-10(2-5-15(12)24-16)20(26)25-17-7-4-14(21)18(22)19(17)23/h3-4,6-7,9-10,24H,2,5,8H2,1H3,(H,25,26). The number of hydrogen-bond acceptors (Lipinski definition) is 2. The van der Waals surface area contributed by atoms with Crippen LogP contribution in [0.1, 0.15) is 17.7 Å². The Bertz CT molecular complexity index is 1050. The number of aromatic amines is 1. The Morgan fingerprint density at radius 1 is 1.19 bits per heavy atom. The summed E-state index contributed by atoms with van der Waals surface area (Å²) in [6.45, 7) is 0. The predicted molar refractivity (Wildman–Crippen MR) is 95.3 cm³/mol. The van der Waals surface area contributed by atoms with E-state index >= 15 is 0 Å². The van der Waals surface area contributed by atoms with Gasteiger partial charge in [0.15, 0.2) is 17.5 Å². The minimum atomic E-state index is -1.59. The number of H-pyrrole nitrogens is 1. The van der Waals surface area contributed by atoms with Crippen molar-refractivity contribution in [2.45, 2.75) is 19.3 Å². The van der Waals surface area contributed by atoms with Crippen LogP contribution in [0.2, 0.25) is 0 Å². The van der Waals surface area contributed by atoms with E-state index in [9.17, 15) is 18.0 Å². The fraction of sp³-hybridized carbons (Fsp3) is 0.250. The van der Waals surface area contributed by atoms with Gasteiger partial charge in [-0.15, -0.1) is 0 Å². The first-order valence-electron chi connectivity index (χ1n) is 8.59. The molecule has 4 rings (SSSR count). The summed E-state index contributed by atoms with van der Waals surface area (Å²) in [6, 6.07) is 7.52. The van der Waals surface area contributed by atoms with Gasteiger partial charge < -0.3 is 15.0 Å². The summed E-state index contributed by atoms with van der Waals surface area (Å²) in [6.07, 6.45) is 1.72. The molecule has 2 aromatic carbocycles. The molecule has 1 aliphatic carbocycles. The number of carbonyl (C=O) groups excluding carboxylic acids is 1. The largest absolute Gasteiger partial charge is 0.497 e. The fourth-order valence-electron chi connectivity index (χ4n) is 3.60. The molecule has 1 aromatic heterocycles. The normalized spacial score (nSPS) is 16.2. The average Bonchev–Trinajstić information content (AvgIpc) is 3.05. The third-order valence-electron chi connectivity index (χ3n) is 5.06. The summed E-state index contributed by atoms with van der Waals surface area (Å²) in [5, 5.41) is 3.37. The van der Waals surface area contributed by atoms with Gasteiger partial charge in [-0.1, -0.05) is 0 Å². The highest BCUT2D eigenvalue weighted by Crippen LogP contribution is 2.34. The van der Waals surface area contributed by atoms with E-state index in [-0.39, 0.29) is 5.69 Å². The molecule has 1 atom stereocenters. The first-order chi connectivity index (χ1) is 13.0. The SMILES string of the molecule is COc1ccc2[nH]c3c(c2c1)CC(C(=O)Nc1ccc(F)c(F)c1F)CC3. The minimum absolute atomic E-state index is 0.356. The zero-order chi connectivity index (χ0) is 19.1. The molecule has 0 spiro atoms. The molecule has 140 valence electrons. The van der Waals surface area contributed by atoms with Crippen LogP contribution in [0.4, 0.5) is 18.9 Å². The van der Waals surface area contributed by atoms with E-state index in [1.54, 1.807) is 7.11 Å². The van der Waals surface area contributed by atoms with Crippen LogP contribution >= 0.6 is 0 Å². The molecule has 1 unspecified atom stereocenters. The van der Waals surface area contributed by atoms with Crippen molar-refractivity contribution in [2.24, 2.45) is 5.92 Å². The van der Waals surface area contributed by atoms with Crippen LogP contribution < -0.4 is 10.1 Å². The lowest BCUT2D eigenvalue weighted by Crippen LogP contribution is -2.28. The van der Waals surface area contributed by atoms with Crippen molar-refractivity contribution >= 4 is 22.5 Å². The van der Waals surface area contributed by atoms with Crippen molar-refractivity contribution in [3.63, 3.8) is 0 Å². The second-order valence-electron chi connectivity index (χ2n) is 6.65. The number of aromatic nitrogens is 1. The van der Waals surface area contributed by atoms with Crippen LogP contribution in [0.25, 0.3) is 10.9 Å². The third-order valence-corrected chi connectivity index (χ3v) is 5.06. The lowest BCUT2D eigenvalue weighted by Gasteiger charge is -2.22. The molecule has 0 fully saturated rings. The quantitative estimate of drug-likeness (QED) is 0.670. The highest BCUT2D eigenvalue weighted by atomic mass is 19.2. The molecule has 0 saturated carbocycles. The van der Waals surface area contributed by atoms with Gasteiger partial charge >= 0.3 is 0 Å². The molecule has 27 heavy (non-hydrogen) atoms. The smallest absolute Gasteiger partial charge is 0.227 e. The summed E-state index contributed by atoms with van der Waals surface area (Å²) in [7, 11) is 1.59. The van der Waals surface area contributed by atoms with Crippen molar-refractivity contribution in [1.82, 2.24) is 4.98 Å². The summed E-state index contributed by atoms with van der Waals surface area (Å²) < 4.78 is 45.5. The molecule has 0 radical (unpaired) electrons. The summed E-state index contributed by atoms with van der Waals surface area (Å²) >= 11 is 0. The Kier molecular flexibility index (Phi) is 4.30. The Hall–Kier alpha value is -2.96. The molecular weight excluding hydrogens is 357 g/mol. The number of halogens is 3. The number of methoxy groups -OCH3 is 1. The molecule has 0 aliphatic heterocycles. The van der Waals surface area contributed by atoms with Crippen LogP contribution in [0.5, 0.6) is 5.75 Å². The second-order valence-corrected chi connectivity index (χ2v) is 6.65. The van der Waals surface area contributed by atoms with Crippen LogP contribution in [0.3, 0.4) is 0 Å². The van der Waals surface area contributed by atoms with E-state index in [0.29, 0.717) is 19.3 Å². The highest BCUT2D eigenvalue weighted by molar-refractivity contribution is 5.94. The molecule has 0 saturated heterocycles. The minimum Gasteiger partial charge on any atom is -0.497 e. The summed E-state index contributed by atoms with van der Waals surface area (Å²) in [5.74, 6) is -4.36. The van der Waals surface area contributed by atoms with Gasteiger partial charge in [-0.3, -0.25) is 4.79 Å². The molecule has 1 amide bonds. The van der Waals surface area contributed by atoms with E-state index in [4.69, 9.17) is 4.74 Å². The number of amides is 1. The lowest BCUT2D eigenvalue weighted by molar-refractivity contribution is -0.120. The van der Waals surface area contributed by atoms with Gasteiger partial charge in [0.25, 0.3) is 0 Å². The van der Waals surface area contributed by atoms with Crippen LogP contribution in [0, 0.1) is 23.4 Å². The predicted octanol–water partition coefficient (Wildman–Crippen LogP) is 4.34. The molecule has 1 aliphatic rings. The van der Waals surface area contributed by atoms with Gasteiger partial charge in [-0.05, 0) is 55.2 Å². The molecular formula is C20H17F3N2O2. The molecule has 4 nitrogen and oxygen atoms in total. The Labute approximate surface area is 153 Å². The number of anilines is 1. The van der Waals surface area contributed by atoms with Crippen molar-refractivity contribution < 1.29 is 22.7 Å². The number of carbonyl (C=O) groups is 1. The summed E-state index contributed by atoms with van der Waals surface area (Å²) in [5.41, 5.74) is 2.71. The number of aryl methyl sites for hydroxylation is 1. The number of hydrogen-bond donors (Lipinski definition) is 2. The zero-order valence-corrected chi connectivity index (χ0v) is 14.5. The maximum Gasteiger partial charge on any atom is 0.227 e. The monoisotopic (exact) mass is 374 g/mol. The van der Waals surface area contributed by atoms with Gasteiger partial charge in [0, 0.05) is 22.5 Å². The van der Waals surface area contributed by atoms with Crippen molar-refractivity contribution in [2.75, 3.05) is 12.4 Å². The van der Waals surface area contributed by atoms with Crippen molar-refractivity contribution in [3.05, 3.63) is 59.0 Å². The topological polar surface area (TPSA) is 54.1 Å². The van der Waals surface area contributed by atoms with Crippen LogP contribution in [-0.2, 0) is 17.6 Å². The van der Waals surface area contributed by atoms with Crippen molar-refractivity contribution in [3.8, 4) is 5.75 Å². The van der Waals surface area contributed by atoms with E-state index in [0.717, 1.165) is 40.0 Å². The van der Waals surface area contributed by atoms with Crippen molar-refractivity contribution in [1.29, 1.82) is 0 Å². The van der Waals surface area contributed by atoms with E-state index in [1.807, 2.05) is 18.2 Å². The van der Waals surface area contributed by atoms with Gasteiger partial charge in [0.1, 0.15) is 5.75 Å². The van der Waals surface area contributed by atoms with Gasteiger partial charge in [0.2, 0.25) is 5.91 Å². The lowest BCUT2D eigenvalue weighted by atomic mass is 9.85. The highest BCUT2D eigenvalue weighted by Gasteiger charge is 2.28. The number of benzene rings is 2. The number of rotatable bonds is 3. The Balaban J connectivity index is 1.59. The Morgan fingerprint density at radius 2 is 2.00 bits per heavy atom. The maximum atomic E-state index is 13.8. The second kappa shape index (κ2) is 6.64. The van der Waals surface area contributed by atoms with Gasteiger partial charge in [0.05, 0.1) is 12.8 Å². The first-order valence-corrected chi connectivity index (χ1v) is 8.59. The molecule has 7 heteroatoms. The molecule has 2 N–H and O–H groups in total. The number of fused-ring (bicyclic) bond motifs is 3. The van der Waals surface area contributed by atoms with E-state index in [2.05, 4.69) is 10.3 Å². The zero-order valence-electron chi connectivity index (χ0n) is 14.5. The molecule has 0 bridgehead atoms. The third kappa shape index (κ3) is 3.03. The fourth-order valence-corrected chi connectivity index (χ4v) is 3.60. The van der Waals surface area contributed by atoms with E-state index in [1.165, 1.54) is 0 Å². The number of ether oxygens (including phenoxy) is 1.